The SMILES string of the molecule is CC(C)(C)C(N)Cc1ccc([N+](=O)[O-])cc1C#N. The van der Waals surface area contributed by atoms with Crippen LogP contribution in [0.2, 0.25) is 0 Å². The molecule has 0 aliphatic heterocycles. The van der Waals surface area contributed by atoms with Crippen LogP contribution in [0.15, 0.2) is 18.2 Å². The van der Waals surface area contributed by atoms with Crippen molar-refractivity contribution in [1.29, 1.82) is 5.26 Å². The van der Waals surface area contributed by atoms with Crippen LogP contribution in [-0.2, 0) is 6.42 Å². The lowest BCUT2D eigenvalue weighted by atomic mass is 9.83. The van der Waals surface area contributed by atoms with Crippen LogP contribution in [-0.4, -0.2) is 11.0 Å². The van der Waals surface area contributed by atoms with E-state index in [-0.39, 0.29) is 17.1 Å². The smallest absolute Gasteiger partial charge is 0.270 e. The molecule has 2 N–H and O–H groups in total. The van der Waals surface area contributed by atoms with E-state index in [2.05, 4.69) is 0 Å². The molecule has 0 heterocycles. The van der Waals surface area contributed by atoms with Gasteiger partial charge in [0, 0.05) is 18.2 Å². The fraction of sp³-hybridized carbons (Fsp3) is 0.462. The summed E-state index contributed by atoms with van der Waals surface area (Å²) in [6.07, 6.45) is 0.532. The fourth-order valence-corrected chi connectivity index (χ4v) is 1.50. The topological polar surface area (TPSA) is 92.9 Å². The summed E-state index contributed by atoms with van der Waals surface area (Å²) >= 11 is 0. The molecule has 1 aromatic carbocycles. The van der Waals surface area contributed by atoms with Crippen molar-refractivity contribution < 1.29 is 4.92 Å². The minimum absolute atomic E-state index is 0.0698. The highest BCUT2D eigenvalue weighted by molar-refractivity contribution is 5.46. The Morgan fingerprint density at radius 3 is 2.56 bits per heavy atom. The van der Waals surface area contributed by atoms with Crippen molar-refractivity contribution in [2.45, 2.75) is 33.2 Å². The Morgan fingerprint density at radius 1 is 1.50 bits per heavy atom. The summed E-state index contributed by atoms with van der Waals surface area (Å²) in [5.41, 5.74) is 6.99. The molecule has 0 saturated heterocycles. The molecule has 0 radical (unpaired) electrons. The molecule has 0 fully saturated rings. The number of nitro benzene ring substituents is 1. The molecule has 0 bridgehead atoms. The molecule has 0 aliphatic rings. The number of rotatable bonds is 3. The average Bonchev–Trinajstić information content (AvgIpc) is 2.27. The van der Waals surface area contributed by atoms with Crippen LogP contribution in [0, 0.1) is 26.9 Å². The molecule has 1 aromatic rings. The van der Waals surface area contributed by atoms with Gasteiger partial charge in [0.05, 0.1) is 16.6 Å². The van der Waals surface area contributed by atoms with Gasteiger partial charge in [0.15, 0.2) is 0 Å². The Hall–Kier alpha value is -1.93. The van der Waals surface area contributed by atoms with Gasteiger partial charge in [-0.3, -0.25) is 10.1 Å². The van der Waals surface area contributed by atoms with Crippen molar-refractivity contribution >= 4 is 5.69 Å². The highest BCUT2D eigenvalue weighted by Gasteiger charge is 2.22. The van der Waals surface area contributed by atoms with E-state index in [0.717, 1.165) is 5.56 Å². The third-order valence-electron chi connectivity index (χ3n) is 2.98. The van der Waals surface area contributed by atoms with Gasteiger partial charge in [0.1, 0.15) is 0 Å². The molecule has 1 atom stereocenters. The third kappa shape index (κ3) is 3.28. The Balaban J connectivity index is 3.05. The van der Waals surface area contributed by atoms with Gasteiger partial charge >= 0.3 is 0 Å². The first kappa shape index (κ1) is 14.1. The van der Waals surface area contributed by atoms with Gasteiger partial charge < -0.3 is 5.73 Å². The summed E-state index contributed by atoms with van der Waals surface area (Å²) in [6.45, 7) is 6.07. The van der Waals surface area contributed by atoms with Crippen molar-refractivity contribution in [3.63, 3.8) is 0 Å². The summed E-state index contributed by atoms with van der Waals surface area (Å²) < 4.78 is 0. The van der Waals surface area contributed by atoms with Crippen LogP contribution in [0.1, 0.15) is 31.9 Å². The average molecular weight is 247 g/mol. The minimum Gasteiger partial charge on any atom is -0.327 e. The van der Waals surface area contributed by atoms with Gasteiger partial charge in [-0.05, 0) is 17.4 Å². The number of hydrogen-bond donors (Lipinski definition) is 1. The van der Waals surface area contributed by atoms with Gasteiger partial charge in [-0.2, -0.15) is 5.26 Å². The second-order valence-corrected chi connectivity index (χ2v) is 5.39. The Kier molecular flexibility index (Phi) is 4.04. The van der Waals surface area contributed by atoms with E-state index in [4.69, 9.17) is 11.0 Å². The van der Waals surface area contributed by atoms with Gasteiger partial charge in [-0.15, -0.1) is 0 Å². The van der Waals surface area contributed by atoms with Crippen LogP contribution >= 0.6 is 0 Å². The van der Waals surface area contributed by atoms with E-state index in [1.807, 2.05) is 26.8 Å². The molecular formula is C13H17N3O2. The zero-order valence-electron chi connectivity index (χ0n) is 10.8. The van der Waals surface area contributed by atoms with E-state index < -0.39 is 4.92 Å². The lowest BCUT2D eigenvalue weighted by Gasteiger charge is -2.27. The normalized spacial score (nSPS) is 12.8. The second kappa shape index (κ2) is 5.15. The predicted octanol–water partition coefficient (Wildman–Crippen LogP) is 2.38. The minimum atomic E-state index is -0.506. The predicted molar refractivity (Wildman–Crippen MR) is 68.9 cm³/mol. The Bertz CT molecular complexity index is 498. The maximum atomic E-state index is 10.6. The zero-order chi connectivity index (χ0) is 13.9. The first-order chi connectivity index (χ1) is 8.25. The van der Waals surface area contributed by atoms with E-state index in [0.29, 0.717) is 12.0 Å². The molecule has 0 aliphatic carbocycles. The van der Waals surface area contributed by atoms with Crippen molar-refractivity contribution in [1.82, 2.24) is 0 Å². The molecule has 0 spiro atoms. The number of nitrogens with zero attached hydrogens (tertiary/aromatic N) is 2. The summed E-state index contributed by atoms with van der Waals surface area (Å²) in [5, 5.41) is 19.7. The highest BCUT2D eigenvalue weighted by atomic mass is 16.6. The molecular weight excluding hydrogens is 230 g/mol. The first-order valence-electron chi connectivity index (χ1n) is 5.68. The molecule has 0 saturated carbocycles. The molecule has 1 unspecified atom stereocenters. The second-order valence-electron chi connectivity index (χ2n) is 5.39. The van der Waals surface area contributed by atoms with Crippen molar-refractivity contribution in [2.24, 2.45) is 11.1 Å². The standard InChI is InChI=1S/C13H17N3O2/c1-13(2,3)12(15)7-9-4-5-11(16(17)18)6-10(9)8-14/h4-6,12H,7,15H2,1-3H3. The summed E-state index contributed by atoms with van der Waals surface area (Å²) in [6, 6.07) is 6.20. The maximum absolute atomic E-state index is 10.6. The van der Waals surface area contributed by atoms with Crippen molar-refractivity contribution in [3.8, 4) is 6.07 Å². The van der Waals surface area contributed by atoms with Crippen LogP contribution in [0.4, 0.5) is 5.69 Å². The summed E-state index contributed by atoms with van der Waals surface area (Å²) in [7, 11) is 0. The zero-order valence-corrected chi connectivity index (χ0v) is 10.8. The Morgan fingerprint density at radius 2 is 2.11 bits per heavy atom. The van der Waals surface area contributed by atoms with Crippen molar-refractivity contribution in [3.05, 3.63) is 39.4 Å². The van der Waals surface area contributed by atoms with Gasteiger partial charge in [0.2, 0.25) is 0 Å². The van der Waals surface area contributed by atoms with Gasteiger partial charge in [0.25, 0.3) is 5.69 Å². The van der Waals surface area contributed by atoms with Gasteiger partial charge in [-0.1, -0.05) is 26.8 Å². The molecule has 0 aromatic heterocycles. The molecule has 18 heavy (non-hydrogen) atoms. The fourth-order valence-electron chi connectivity index (χ4n) is 1.50. The number of nitro groups is 1. The lowest BCUT2D eigenvalue weighted by Crippen LogP contribution is -2.37. The van der Waals surface area contributed by atoms with E-state index >= 15 is 0 Å². The third-order valence-corrected chi connectivity index (χ3v) is 2.98. The molecule has 5 nitrogen and oxygen atoms in total. The number of nitrogens with two attached hydrogens (primary N) is 1. The largest absolute Gasteiger partial charge is 0.327 e. The van der Waals surface area contributed by atoms with Crippen LogP contribution in [0.25, 0.3) is 0 Å². The summed E-state index contributed by atoms with van der Waals surface area (Å²) in [4.78, 5) is 10.1. The van der Waals surface area contributed by atoms with E-state index in [1.54, 1.807) is 6.07 Å². The van der Waals surface area contributed by atoms with Crippen LogP contribution < -0.4 is 5.73 Å². The number of non-ortho nitro benzene ring substituents is 1. The molecule has 1 rings (SSSR count). The van der Waals surface area contributed by atoms with Crippen LogP contribution in [0.3, 0.4) is 0 Å². The lowest BCUT2D eigenvalue weighted by molar-refractivity contribution is -0.384. The Labute approximate surface area is 106 Å². The first-order valence-corrected chi connectivity index (χ1v) is 5.68. The van der Waals surface area contributed by atoms with Crippen LogP contribution in [0.5, 0.6) is 0 Å². The van der Waals surface area contributed by atoms with Gasteiger partial charge in [-0.25, -0.2) is 0 Å². The number of benzene rings is 1. The van der Waals surface area contributed by atoms with Crippen molar-refractivity contribution in [2.75, 3.05) is 0 Å². The maximum Gasteiger partial charge on any atom is 0.270 e. The number of hydrogen-bond acceptors (Lipinski definition) is 4. The molecule has 5 heteroatoms. The molecule has 96 valence electrons. The monoisotopic (exact) mass is 247 g/mol. The highest BCUT2D eigenvalue weighted by Crippen LogP contribution is 2.24. The molecule has 0 amide bonds. The number of nitriles is 1. The van der Waals surface area contributed by atoms with E-state index in [1.165, 1.54) is 12.1 Å². The quantitative estimate of drug-likeness (QED) is 0.655. The summed E-state index contributed by atoms with van der Waals surface area (Å²) in [5.74, 6) is 0. The van der Waals surface area contributed by atoms with E-state index in [9.17, 15) is 10.1 Å².